The molecule has 0 aromatic heterocycles. The molecule has 0 N–H and O–H groups in total. The average Bonchev–Trinajstić information content (AvgIpc) is 2.39. The normalized spacial score (nSPS) is 10.1. The molecule has 0 atom stereocenters. The third-order valence-corrected chi connectivity index (χ3v) is 2.80. The van der Waals surface area contributed by atoms with Gasteiger partial charge in [0.25, 0.3) is 0 Å². The molecular weight excluding hydrogens is 298 g/mol. The van der Waals surface area contributed by atoms with Crippen LogP contribution in [0.5, 0.6) is 5.75 Å². The van der Waals surface area contributed by atoms with Crippen LogP contribution in [0, 0.1) is 11.3 Å². The van der Waals surface area contributed by atoms with Gasteiger partial charge >= 0.3 is 0 Å². The van der Waals surface area contributed by atoms with E-state index in [9.17, 15) is 0 Å². The van der Waals surface area contributed by atoms with Crippen LogP contribution in [0.4, 0.5) is 0 Å². The van der Waals surface area contributed by atoms with Gasteiger partial charge in [0, 0.05) is 20.1 Å². The Balaban J connectivity index is 2.21. The lowest BCUT2D eigenvalue weighted by molar-refractivity contribution is 0.0644. The van der Waals surface area contributed by atoms with E-state index < -0.39 is 0 Å². The Hall–Kier alpha value is -1.09. The van der Waals surface area contributed by atoms with Crippen LogP contribution in [-0.4, -0.2) is 33.5 Å². The maximum Gasteiger partial charge on any atom is 0.133 e. The summed E-state index contributed by atoms with van der Waals surface area (Å²) in [6.07, 6.45) is 0.816. The van der Waals surface area contributed by atoms with Crippen LogP contribution in [0.15, 0.2) is 22.7 Å². The second-order valence-electron chi connectivity index (χ2n) is 3.56. The van der Waals surface area contributed by atoms with Crippen molar-refractivity contribution in [3.05, 3.63) is 28.2 Å². The number of ether oxygens (including phenoxy) is 3. The van der Waals surface area contributed by atoms with Crippen molar-refractivity contribution < 1.29 is 14.2 Å². The monoisotopic (exact) mass is 313 g/mol. The summed E-state index contributed by atoms with van der Waals surface area (Å²) in [7, 11) is 1.65. The first-order valence-corrected chi connectivity index (χ1v) is 6.46. The molecule has 0 saturated carbocycles. The summed E-state index contributed by atoms with van der Waals surface area (Å²) < 4.78 is 16.6. The van der Waals surface area contributed by atoms with Crippen molar-refractivity contribution in [3.63, 3.8) is 0 Å². The fourth-order valence-electron chi connectivity index (χ4n) is 1.27. The van der Waals surface area contributed by atoms with Crippen molar-refractivity contribution in [1.29, 1.82) is 5.26 Å². The Kier molecular flexibility index (Phi) is 7.42. The fourth-order valence-corrected chi connectivity index (χ4v) is 1.77. The van der Waals surface area contributed by atoms with Gasteiger partial charge in [-0.3, -0.25) is 0 Å². The van der Waals surface area contributed by atoms with Crippen LogP contribution in [0.2, 0.25) is 0 Å². The number of benzene rings is 1. The first-order chi connectivity index (χ1) is 8.77. The number of rotatable bonds is 8. The molecule has 98 valence electrons. The van der Waals surface area contributed by atoms with Crippen LogP contribution < -0.4 is 4.74 Å². The second-order valence-corrected chi connectivity index (χ2v) is 4.42. The Morgan fingerprint density at radius 2 is 2.06 bits per heavy atom. The first-order valence-electron chi connectivity index (χ1n) is 5.67. The molecule has 0 aliphatic rings. The van der Waals surface area contributed by atoms with Gasteiger partial charge in [-0.15, -0.1) is 0 Å². The molecule has 1 aromatic rings. The number of halogens is 1. The van der Waals surface area contributed by atoms with Gasteiger partial charge in [-0.25, -0.2) is 0 Å². The third kappa shape index (κ3) is 5.50. The molecule has 0 aliphatic heterocycles. The van der Waals surface area contributed by atoms with Crippen molar-refractivity contribution in [2.24, 2.45) is 0 Å². The minimum atomic E-state index is 0.581. The van der Waals surface area contributed by atoms with Crippen LogP contribution in [-0.2, 0) is 9.47 Å². The molecule has 5 heteroatoms. The Morgan fingerprint density at radius 3 is 2.72 bits per heavy atom. The number of methoxy groups -OCH3 is 1. The summed E-state index contributed by atoms with van der Waals surface area (Å²) in [4.78, 5) is 0. The Bertz CT molecular complexity index is 404. The van der Waals surface area contributed by atoms with Gasteiger partial charge in [0.1, 0.15) is 5.75 Å². The standard InChI is InChI=1S/C13H16BrNO3/c1-16-7-8-17-5-2-6-18-13-4-3-11(10-15)9-12(13)14/h3-4,9H,2,5-8H2,1H3. The lowest BCUT2D eigenvalue weighted by atomic mass is 10.2. The molecule has 0 spiro atoms. The summed E-state index contributed by atoms with van der Waals surface area (Å²) in [6, 6.07) is 7.33. The highest BCUT2D eigenvalue weighted by Gasteiger charge is 2.02. The van der Waals surface area contributed by atoms with Gasteiger partial charge in [-0.2, -0.15) is 5.26 Å². The summed E-state index contributed by atoms with van der Waals surface area (Å²) in [5.41, 5.74) is 0.608. The van der Waals surface area contributed by atoms with E-state index in [4.69, 9.17) is 19.5 Å². The van der Waals surface area contributed by atoms with Crippen molar-refractivity contribution in [3.8, 4) is 11.8 Å². The van der Waals surface area contributed by atoms with Crippen LogP contribution in [0.1, 0.15) is 12.0 Å². The highest BCUT2D eigenvalue weighted by Crippen LogP contribution is 2.25. The average molecular weight is 314 g/mol. The van der Waals surface area contributed by atoms with E-state index in [2.05, 4.69) is 22.0 Å². The second kappa shape index (κ2) is 8.92. The Morgan fingerprint density at radius 1 is 1.22 bits per heavy atom. The van der Waals surface area contributed by atoms with Crippen LogP contribution in [0.25, 0.3) is 0 Å². The third-order valence-electron chi connectivity index (χ3n) is 2.18. The molecule has 0 unspecified atom stereocenters. The van der Waals surface area contributed by atoms with Crippen molar-refractivity contribution in [2.45, 2.75) is 6.42 Å². The lowest BCUT2D eigenvalue weighted by Gasteiger charge is -2.08. The molecule has 1 rings (SSSR count). The van der Waals surface area contributed by atoms with Crippen molar-refractivity contribution in [1.82, 2.24) is 0 Å². The molecule has 0 aliphatic carbocycles. The number of nitrogens with zero attached hydrogens (tertiary/aromatic N) is 1. The van der Waals surface area contributed by atoms with Crippen molar-refractivity contribution >= 4 is 15.9 Å². The van der Waals surface area contributed by atoms with Gasteiger partial charge in [0.15, 0.2) is 0 Å². The molecule has 0 heterocycles. The summed E-state index contributed by atoms with van der Waals surface area (Å²) >= 11 is 3.37. The molecule has 0 fully saturated rings. The van der Waals surface area contributed by atoms with Gasteiger partial charge < -0.3 is 14.2 Å². The zero-order chi connectivity index (χ0) is 13.2. The molecule has 18 heavy (non-hydrogen) atoms. The van der Waals surface area contributed by atoms with E-state index in [1.54, 1.807) is 25.3 Å². The van der Waals surface area contributed by atoms with E-state index in [0.29, 0.717) is 32.0 Å². The first kappa shape index (κ1) is 15.0. The maximum atomic E-state index is 8.73. The minimum Gasteiger partial charge on any atom is -0.492 e. The van der Waals surface area contributed by atoms with Gasteiger partial charge in [0.05, 0.1) is 35.9 Å². The zero-order valence-electron chi connectivity index (χ0n) is 10.3. The maximum absolute atomic E-state index is 8.73. The van der Waals surface area contributed by atoms with E-state index in [1.165, 1.54) is 0 Å². The minimum absolute atomic E-state index is 0.581. The molecule has 0 saturated heterocycles. The lowest BCUT2D eigenvalue weighted by Crippen LogP contribution is -2.07. The van der Waals surface area contributed by atoms with Gasteiger partial charge in [0.2, 0.25) is 0 Å². The quantitative estimate of drug-likeness (QED) is 0.692. The van der Waals surface area contributed by atoms with E-state index in [-0.39, 0.29) is 0 Å². The number of nitriles is 1. The molecule has 4 nitrogen and oxygen atoms in total. The topological polar surface area (TPSA) is 51.5 Å². The molecular formula is C13H16BrNO3. The Labute approximate surface area is 116 Å². The highest BCUT2D eigenvalue weighted by atomic mass is 79.9. The smallest absolute Gasteiger partial charge is 0.133 e. The predicted octanol–water partition coefficient (Wildman–Crippen LogP) is 2.75. The van der Waals surface area contributed by atoms with Gasteiger partial charge in [-0.05, 0) is 34.1 Å². The molecule has 0 amide bonds. The van der Waals surface area contributed by atoms with E-state index >= 15 is 0 Å². The van der Waals surface area contributed by atoms with Crippen molar-refractivity contribution in [2.75, 3.05) is 33.5 Å². The zero-order valence-corrected chi connectivity index (χ0v) is 11.9. The SMILES string of the molecule is COCCOCCCOc1ccc(C#N)cc1Br. The molecule has 0 radical (unpaired) electrons. The highest BCUT2D eigenvalue weighted by molar-refractivity contribution is 9.10. The fraction of sp³-hybridized carbons (Fsp3) is 0.462. The van der Waals surface area contributed by atoms with Crippen LogP contribution >= 0.6 is 15.9 Å². The molecule has 0 bridgehead atoms. The number of hydrogen-bond donors (Lipinski definition) is 0. The molecule has 1 aromatic carbocycles. The predicted molar refractivity (Wildman–Crippen MR) is 71.7 cm³/mol. The van der Waals surface area contributed by atoms with Gasteiger partial charge in [-0.1, -0.05) is 0 Å². The van der Waals surface area contributed by atoms with E-state index in [0.717, 1.165) is 16.6 Å². The van der Waals surface area contributed by atoms with E-state index in [1.807, 2.05) is 0 Å². The summed E-state index contributed by atoms with van der Waals surface area (Å²) in [5.74, 6) is 0.742. The largest absolute Gasteiger partial charge is 0.492 e. The number of hydrogen-bond acceptors (Lipinski definition) is 4. The van der Waals surface area contributed by atoms with Crippen LogP contribution in [0.3, 0.4) is 0 Å². The summed E-state index contributed by atoms with van der Waals surface area (Å²) in [5, 5.41) is 8.73. The summed E-state index contributed by atoms with van der Waals surface area (Å²) in [6.45, 7) is 2.45.